The van der Waals surface area contributed by atoms with Gasteiger partial charge in [0.25, 0.3) is 11.9 Å². The van der Waals surface area contributed by atoms with E-state index in [0.717, 1.165) is 0 Å². The number of aromatic nitrogens is 1. The van der Waals surface area contributed by atoms with Crippen LogP contribution in [0.3, 0.4) is 0 Å². The number of halogens is 4. The van der Waals surface area contributed by atoms with Gasteiger partial charge in [0.05, 0.1) is 49.0 Å². The van der Waals surface area contributed by atoms with Crippen molar-refractivity contribution in [3.63, 3.8) is 0 Å². The van der Waals surface area contributed by atoms with Gasteiger partial charge >= 0.3 is 0 Å². The van der Waals surface area contributed by atoms with Crippen molar-refractivity contribution >= 4 is 17.7 Å². The molecular formula is C27H30F4N4O8. The highest BCUT2D eigenvalue weighted by Crippen LogP contribution is 2.24. The van der Waals surface area contributed by atoms with Crippen molar-refractivity contribution in [2.24, 2.45) is 11.8 Å². The number of nitrogens with one attached hydrogen (secondary N) is 3. The Hall–Kier alpha value is -3.86. The molecule has 2 aromatic rings. The number of para-hydroxylation sites is 1. The van der Waals surface area contributed by atoms with Crippen LogP contribution in [-0.2, 0) is 25.5 Å². The summed E-state index contributed by atoms with van der Waals surface area (Å²) in [5.41, 5.74) is -1.35. The van der Waals surface area contributed by atoms with Crippen molar-refractivity contribution in [1.29, 1.82) is 0 Å². The van der Waals surface area contributed by atoms with Crippen LogP contribution >= 0.6 is 0 Å². The molecule has 12 nitrogen and oxygen atoms in total. The van der Waals surface area contributed by atoms with Crippen molar-refractivity contribution in [3.8, 4) is 5.75 Å². The monoisotopic (exact) mass is 614 g/mol. The van der Waals surface area contributed by atoms with E-state index in [0.29, 0.717) is 0 Å². The van der Waals surface area contributed by atoms with Gasteiger partial charge in [0.15, 0.2) is 12.1 Å². The normalized spacial score (nSPS) is 29.0. The first kappa shape index (κ1) is 32.1. The summed E-state index contributed by atoms with van der Waals surface area (Å²) in [6.45, 7) is 2.79. The second kappa shape index (κ2) is 13.2. The first-order valence-corrected chi connectivity index (χ1v) is 13.3. The zero-order valence-electron chi connectivity index (χ0n) is 22.9. The maximum atomic E-state index is 14.6. The number of amides is 3. The number of nitrogens with zero attached hydrogens (tertiary/aromatic N) is 1. The Kier molecular flexibility index (Phi) is 9.84. The highest BCUT2D eigenvalue weighted by atomic mass is 19.2. The highest BCUT2D eigenvalue weighted by molar-refractivity contribution is 5.99. The van der Waals surface area contributed by atoms with Crippen molar-refractivity contribution in [2.75, 3.05) is 13.2 Å². The maximum Gasteiger partial charge on any atom is 0.255 e. The van der Waals surface area contributed by atoms with Crippen LogP contribution in [-0.4, -0.2) is 87.9 Å². The quantitative estimate of drug-likeness (QED) is 0.200. The van der Waals surface area contributed by atoms with E-state index in [2.05, 4.69) is 20.9 Å². The molecule has 1 aromatic heterocycles. The van der Waals surface area contributed by atoms with Crippen LogP contribution in [0.1, 0.15) is 29.8 Å². The third-order valence-electron chi connectivity index (χ3n) is 7.50. The lowest BCUT2D eigenvalue weighted by Gasteiger charge is -2.40. The Labute approximate surface area is 242 Å². The first-order chi connectivity index (χ1) is 20.3. The number of hydrogen-bond donors (Lipinski definition) is 6. The van der Waals surface area contributed by atoms with Gasteiger partial charge in [-0.15, -0.1) is 0 Å². The van der Waals surface area contributed by atoms with Crippen LogP contribution in [0, 0.1) is 35.4 Å². The molecule has 43 heavy (non-hydrogen) atoms. The molecule has 3 amide bonds. The van der Waals surface area contributed by atoms with E-state index in [-0.39, 0.29) is 18.8 Å². The number of rotatable bonds is 5. The summed E-state index contributed by atoms with van der Waals surface area (Å²) in [5.74, 6) is -13.0. The van der Waals surface area contributed by atoms with Gasteiger partial charge in [0.2, 0.25) is 23.6 Å². The van der Waals surface area contributed by atoms with E-state index < -0.39 is 107 Å². The summed E-state index contributed by atoms with van der Waals surface area (Å²) in [6, 6.07) is 0.887. The molecule has 3 heterocycles. The average molecular weight is 615 g/mol. The number of phenols is 1. The zero-order chi connectivity index (χ0) is 31.6. The standard InChI is InChI=1S/C27H30F4N4O8/c1-10-21(37)15(7-14-17(28)18(29)23(31)35-22(14)30)32-26(40)19(33-25(39)13-5-3-4-6-16(13)36)11(2)43-27(41)20(34-24(10)38)12-8-42-9-12/h3-6,10-12,15,19-21,27,36-37,41H,7-9H2,1-2H3,(H,32,40)(H,33,39)(H,34,38). The molecular weight excluding hydrogens is 584 g/mol. The molecule has 16 heteroatoms. The van der Waals surface area contributed by atoms with Gasteiger partial charge in [-0.1, -0.05) is 19.1 Å². The van der Waals surface area contributed by atoms with E-state index in [1.165, 1.54) is 38.1 Å². The summed E-state index contributed by atoms with van der Waals surface area (Å²) >= 11 is 0. The Bertz CT molecular complexity index is 1380. The Balaban J connectivity index is 1.73. The van der Waals surface area contributed by atoms with Crippen molar-refractivity contribution < 1.29 is 56.7 Å². The van der Waals surface area contributed by atoms with E-state index in [1.807, 2.05) is 0 Å². The van der Waals surface area contributed by atoms with Gasteiger partial charge in [-0.25, -0.2) is 4.39 Å². The maximum absolute atomic E-state index is 14.6. The molecule has 2 saturated heterocycles. The van der Waals surface area contributed by atoms with Crippen molar-refractivity contribution in [2.45, 2.75) is 56.9 Å². The summed E-state index contributed by atoms with van der Waals surface area (Å²) < 4.78 is 67.2. The number of aromatic hydroxyl groups is 1. The lowest BCUT2D eigenvalue weighted by Crippen LogP contribution is -2.63. The van der Waals surface area contributed by atoms with Crippen molar-refractivity contribution in [3.05, 3.63) is 58.9 Å². The molecule has 0 radical (unpaired) electrons. The number of ether oxygens (including phenoxy) is 2. The molecule has 234 valence electrons. The van der Waals surface area contributed by atoms with Gasteiger partial charge in [-0.05, 0) is 19.1 Å². The number of pyridine rings is 1. The molecule has 2 aliphatic heterocycles. The molecule has 0 aliphatic carbocycles. The predicted molar refractivity (Wildman–Crippen MR) is 137 cm³/mol. The van der Waals surface area contributed by atoms with E-state index in [4.69, 9.17) is 9.47 Å². The van der Waals surface area contributed by atoms with E-state index in [1.54, 1.807) is 0 Å². The fraction of sp³-hybridized carbons (Fsp3) is 0.481. The number of phenolic OH excluding ortho intramolecular Hbond substituents is 1. The zero-order valence-corrected chi connectivity index (χ0v) is 22.9. The van der Waals surface area contributed by atoms with Gasteiger partial charge in [0.1, 0.15) is 11.8 Å². The van der Waals surface area contributed by atoms with Gasteiger partial charge < -0.3 is 40.7 Å². The Morgan fingerprint density at radius 1 is 1.02 bits per heavy atom. The minimum Gasteiger partial charge on any atom is -0.507 e. The van der Waals surface area contributed by atoms with Crippen LogP contribution in [0.4, 0.5) is 17.6 Å². The van der Waals surface area contributed by atoms with Crippen LogP contribution in [0.15, 0.2) is 24.3 Å². The second-order valence-electron chi connectivity index (χ2n) is 10.4. The molecule has 0 bridgehead atoms. The third kappa shape index (κ3) is 6.87. The summed E-state index contributed by atoms with van der Waals surface area (Å²) in [4.78, 5) is 42.4. The van der Waals surface area contributed by atoms with E-state index in [9.17, 15) is 47.3 Å². The molecule has 0 spiro atoms. The Morgan fingerprint density at radius 3 is 2.33 bits per heavy atom. The number of aliphatic hydroxyl groups is 2. The van der Waals surface area contributed by atoms with Crippen LogP contribution in [0.2, 0.25) is 0 Å². The Morgan fingerprint density at radius 2 is 1.70 bits per heavy atom. The first-order valence-electron chi connectivity index (χ1n) is 13.3. The van der Waals surface area contributed by atoms with Gasteiger partial charge in [-0.3, -0.25) is 14.4 Å². The number of benzene rings is 1. The summed E-state index contributed by atoms with van der Waals surface area (Å²) in [7, 11) is 0. The lowest BCUT2D eigenvalue weighted by molar-refractivity contribution is -0.190. The van der Waals surface area contributed by atoms with Gasteiger partial charge in [-0.2, -0.15) is 18.2 Å². The SMILES string of the molecule is CC1OC(O)C(C2COC2)NC(=O)C(C)C(O)C(Cc2c(F)nc(F)c(F)c2F)NC(=O)C1NC(=O)c1ccccc1O. The minimum atomic E-state index is -2.09. The topological polar surface area (TPSA) is 179 Å². The number of hydrogen-bond acceptors (Lipinski definition) is 9. The van der Waals surface area contributed by atoms with E-state index >= 15 is 0 Å². The smallest absolute Gasteiger partial charge is 0.255 e. The van der Waals surface area contributed by atoms with Crippen LogP contribution in [0.5, 0.6) is 5.75 Å². The van der Waals surface area contributed by atoms with Crippen molar-refractivity contribution in [1.82, 2.24) is 20.9 Å². The van der Waals surface area contributed by atoms with Crippen LogP contribution < -0.4 is 16.0 Å². The average Bonchev–Trinajstić information content (AvgIpc) is 2.93. The molecule has 6 N–H and O–H groups in total. The van der Waals surface area contributed by atoms with Crippen LogP contribution in [0.25, 0.3) is 0 Å². The van der Waals surface area contributed by atoms with Gasteiger partial charge in [0, 0.05) is 17.9 Å². The molecule has 2 aliphatic rings. The number of carbonyl (C=O) groups is 3. The fourth-order valence-corrected chi connectivity index (χ4v) is 4.79. The third-order valence-corrected chi connectivity index (χ3v) is 7.50. The molecule has 7 unspecified atom stereocenters. The molecule has 2 fully saturated rings. The largest absolute Gasteiger partial charge is 0.507 e. The minimum absolute atomic E-state index is 0.134. The summed E-state index contributed by atoms with van der Waals surface area (Å²) in [6.07, 6.45) is -5.96. The lowest BCUT2D eigenvalue weighted by atomic mass is 9.90. The molecule has 0 saturated carbocycles. The molecule has 1 aromatic carbocycles. The summed E-state index contributed by atoms with van der Waals surface area (Å²) in [5, 5.41) is 39.3. The predicted octanol–water partition coefficient (Wildman–Crippen LogP) is 0.0348. The number of carbonyl (C=O) groups excluding carboxylic acids is 3. The second-order valence-corrected chi connectivity index (χ2v) is 10.4. The molecule has 4 rings (SSSR count). The highest BCUT2D eigenvalue weighted by Gasteiger charge is 2.42. The number of aliphatic hydroxyl groups excluding tert-OH is 2. The fourth-order valence-electron chi connectivity index (χ4n) is 4.79. The molecule has 7 atom stereocenters.